The van der Waals surface area contributed by atoms with E-state index < -0.39 is 21.1 Å². The van der Waals surface area contributed by atoms with E-state index in [1.165, 1.54) is 0 Å². The van der Waals surface area contributed by atoms with Crippen molar-refractivity contribution in [1.29, 1.82) is 0 Å². The highest BCUT2D eigenvalue weighted by atomic mass is 32.5. The highest BCUT2D eigenvalue weighted by Gasteiger charge is 2.67. The largest absolute Gasteiger partial charge is 0.366 e. The Labute approximate surface area is 116 Å². The summed E-state index contributed by atoms with van der Waals surface area (Å²) in [7, 11) is -10.1. The first-order valence-electron chi connectivity index (χ1n) is 5.64. The minimum Gasteiger partial charge on any atom is -0.366 e. The molecule has 2 nitrogen and oxygen atoms in total. The van der Waals surface area contributed by atoms with E-state index in [1.54, 1.807) is 30.3 Å². The van der Waals surface area contributed by atoms with E-state index in [0.717, 1.165) is 5.56 Å². The maximum Gasteiger partial charge on any atom is 0.314 e. The second-order valence-electron chi connectivity index (χ2n) is 4.29. The fraction of sp³-hybridized carbons (Fsp3) is 0.0833. The van der Waals surface area contributed by atoms with Gasteiger partial charge in [-0.2, -0.15) is 4.39 Å². The van der Waals surface area contributed by atoms with Crippen molar-refractivity contribution in [3.8, 4) is 0 Å². The van der Waals surface area contributed by atoms with Gasteiger partial charge in [0.2, 0.25) is 5.95 Å². The van der Waals surface area contributed by atoms with Crippen molar-refractivity contribution >= 4 is 16.0 Å². The highest BCUT2D eigenvalue weighted by Crippen LogP contribution is 3.02. The van der Waals surface area contributed by atoms with E-state index in [2.05, 4.69) is 10.3 Å². The molecule has 1 aromatic heterocycles. The zero-order valence-corrected chi connectivity index (χ0v) is 11.2. The predicted molar refractivity (Wildman–Crippen MR) is 69.4 cm³/mol. The number of pyridine rings is 1. The van der Waals surface area contributed by atoms with E-state index >= 15 is 0 Å². The fourth-order valence-electron chi connectivity index (χ4n) is 1.60. The standard InChI is InChI=1S/C12H10F6N2S/c13-12-10(21(14,15,16,17)18)6-7-11(20-12)19-8-9-4-2-1-3-5-9/h1-7H,8H2,(H,19,20). The van der Waals surface area contributed by atoms with Gasteiger partial charge in [-0.15, -0.1) is 0 Å². The van der Waals surface area contributed by atoms with Gasteiger partial charge >= 0.3 is 10.2 Å². The summed E-state index contributed by atoms with van der Waals surface area (Å²) in [5.74, 6) is -2.51. The number of rotatable bonds is 4. The van der Waals surface area contributed by atoms with Gasteiger partial charge in [0.1, 0.15) is 5.82 Å². The van der Waals surface area contributed by atoms with Crippen molar-refractivity contribution in [1.82, 2.24) is 4.98 Å². The number of nitrogens with zero attached hydrogens (tertiary/aromatic N) is 1. The third-order valence-electron chi connectivity index (χ3n) is 2.55. The Kier molecular flexibility index (Phi) is 3.17. The summed E-state index contributed by atoms with van der Waals surface area (Å²) in [6.45, 7) is 0.170. The predicted octanol–water partition coefficient (Wildman–Crippen LogP) is 5.49. The van der Waals surface area contributed by atoms with Crippen LogP contribution in [-0.4, -0.2) is 4.98 Å². The summed E-state index contributed by atoms with van der Waals surface area (Å²) >= 11 is 0. The van der Waals surface area contributed by atoms with Gasteiger partial charge in [-0.25, -0.2) is 4.98 Å². The van der Waals surface area contributed by atoms with Crippen molar-refractivity contribution in [2.45, 2.75) is 11.4 Å². The van der Waals surface area contributed by atoms with Crippen molar-refractivity contribution in [3.05, 3.63) is 54.0 Å². The van der Waals surface area contributed by atoms with E-state index in [9.17, 15) is 23.8 Å². The molecule has 0 aliphatic carbocycles. The maximum absolute atomic E-state index is 13.2. The van der Waals surface area contributed by atoms with Crippen molar-refractivity contribution < 1.29 is 23.8 Å². The van der Waals surface area contributed by atoms with Gasteiger partial charge in [0.15, 0.2) is 4.90 Å². The minimum atomic E-state index is -10.1. The van der Waals surface area contributed by atoms with Crippen LogP contribution in [0.3, 0.4) is 0 Å². The smallest absolute Gasteiger partial charge is 0.314 e. The first kappa shape index (κ1) is 15.5. The number of benzene rings is 1. The van der Waals surface area contributed by atoms with E-state index in [1.807, 2.05) is 0 Å². The number of hydrogen-bond donors (Lipinski definition) is 1. The van der Waals surface area contributed by atoms with Gasteiger partial charge in [-0.05, 0) is 17.7 Å². The molecule has 0 aliphatic heterocycles. The molecule has 116 valence electrons. The van der Waals surface area contributed by atoms with Crippen LogP contribution in [0.2, 0.25) is 0 Å². The lowest BCUT2D eigenvalue weighted by Crippen LogP contribution is -2.11. The van der Waals surface area contributed by atoms with Crippen LogP contribution in [0.15, 0.2) is 47.4 Å². The molecule has 0 fully saturated rings. The fourth-order valence-corrected chi connectivity index (χ4v) is 2.29. The van der Waals surface area contributed by atoms with Gasteiger partial charge in [0, 0.05) is 6.54 Å². The average Bonchev–Trinajstić information content (AvgIpc) is 2.34. The van der Waals surface area contributed by atoms with Crippen molar-refractivity contribution in [3.63, 3.8) is 0 Å². The summed E-state index contributed by atoms with van der Waals surface area (Å²) in [4.78, 5) is 0.286. The monoisotopic (exact) mass is 328 g/mol. The van der Waals surface area contributed by atoms with Crippen LogP contribution < -0.4 is 5.32 Å². The first-order chi connectivity index (χ1) is 9.45. The molecule has 2 aromatic rings. The summed E-state index contributed by atoms with van der Waals surface area (Å²) in [6, 6.07) is 9.37. The SMILES string of the molecule is Fc1nc(NCc2ccccc2)ccc1S(F)(F)(F)(F)F. The molecule has 1 N–H and O–H groups in total. The molecular formula is C12H10F6N2S. The highest BCUT2D eigenvalue weighted by molar-refractivity contribution is 8.45. The van der Waals surface area contributed by atoms with Crippen molar-refractivity contribution in [2.75, 3.05) is 5.32 Å². The van der Waals surface area contributed by atoms with E-state index in [4.69, 9.17) is 0 Å². The van der Waals surface area contributed by atoms with Crippen molar-refractivity contribution in [2.24, 2.45) is 0 Å². The van der Waals surface area contributed by atoms with Gasteiger partial charge in [0.25, 0.3) is 0 Å². The lowest BCUT2D eigenvalue weighted by molar-refractivity contribution is 0.352. The molecule has 0 saturated carbocycles. The lowest BCUT2D eigenvalue weighted by Gasteiger charge is -2.40. The first-order valence-corrected chi connectivity index (χ1v) is 7.59. The Hall–Kier alpha value is -1.90. The Balaban J connectivity index is 2.21. The Morgan fingerprint density at radius 3 is 2.05 bits per heavy atom. The molecule has 0 saturated heterocycles. The van der Waals surface area contributed by atoms with Gasteiger partial charge < -0.3 is 5.32 Å². The molecule has 0 spiro atoms. The van der Waals surface area contributed by atoms with Crippen LogP contribution >= 0.6 is 10.2 Å². The van der Waals surface area contributed by atoms with Crippen LogP contribution in [0.4, 0.5) is 29.6 Å². The summed E-state index contributed by atoms with van der Waals surface area (Å²) in [5.41, 5.74) is 0.775. The zero-order chi connectivity index (χ0) is 15.8. The molecule has 9 heteroatoms. The Morgan fingerprint density at radius 1 is 0.905 bits per heavy atom. The summed E-state index contributed by atoms with van der Waals surface area (Å²) < 4.78 is 75.7. The number of anilines is 1. The third-order valence-corrected chi connectivity index (χ3v) is 3.68. The van der Waals surface area contributed by atoms with E-state index in [0.29, 0.717) is 6.07 Å². The number of nitrogens with one attached hydrogen (secondary N) is 1. The Bertz CT molecular complexity index is 657. The summed E-state index contributed by atoms with van der Waals surface area (Å²) in [6.07, 6.45) is 0. The third kappa shape index (κ3) is 4.03. The second-order valence-corrected chi connectivity index (χ2v) is 6.67. The van der Waals surface area contributed by atoms with Gasteiger partial charge in [-0.1, -0.05) is 49.8 Å². The Morgan fingerprint density at radius 2 is 1.52 bits per heavy atom. The molecule has 1 aromatic carbocycles. The minimum absolute atomic E-state index is 0.00276. The molecule has 0 bridgehead atoms. The van der Waals surface area contributed by atoms with Crippen LogP contribution in [0.25, 0.3) is 0 Å². The van der Waals surface area contributed by atoms with E-state index in [-0.39, 0.29) is 18.4 Å². The quantitative estimate of drug-likeness (QED) is 0.593. The topological polar surface area (TPSA) is 24.9 Å². The van der Waals surface area contributed by atoms with Crippen LogP contribution in [0.5, 0.6) is 0 Å². The molecule has 0 unspecified atom stereocenters. The molecule has 0 atom stereocenters. The van der Waals surface area contributed by atoms with Crippen LogP contribution in [-0.2, 0) is 6.54 Å². The number of halogens is 6. The summed E-state index contributed by atoms with van der Waals surface area (Å²) in [5, 5.41) is 2.56. The van der Waals surface area contributed by atoms with Gasteiger partial charge in [0.05, 0.1) is 0 Å². The zero-order valence-electron chi connectivity index (χ0n) is 10.4. The molecule has 21 heavy (non-hydrogen) atoms. The van der Waals surface area contributed by atoms with Crippen LogP contribution in [0, 0.1) is 5.95 Å². The molecule has 0 amide bonds. The maximum atomic E-state index is 13.2. The molecule has 0 aliphatic rings. The molecule has 2 rings (SSSR count). The lowest BCUT2D eigenvalue weighted by atomic mass is 10.2. The molecular weight excluding hydrogens is 318 g/mol. The van der Waals surface area contributed by atoms with Gasteiger partial charge in [-0.3, -0.25) is 0 Å². The second kappa shape index (κ2) is 4.30. The normalized spacial score (nSPS) is 15.1. The molecule has 0 radical (unpaired) electrons. The van der Waals surface area contributed by atoms with Crippen LogP contribution in [0.1, 0.15) is 5.56 Å². The number of hydrogen-bond acceptors (Lipinski definition) is 2. The number of aromatic nitrogens is 1. The average molecular weight is 328 g/mol. The molecule has 1 heterocycles.